The van der Waals surface area contributed by atoms with Crippen LogP contribution in [0.1, 0.15) is 46.1 Å². The number of nitrogens with two attached hydrogens (primary N) is 2. The molecule has 0 saturated carbocycles. The molecule has 0 aliphatic carbocycles. The predicted octanol–water partition coefficient (Wildman–Crippen LogP) is 0.154. The van der Waals surface area contributed by atoms with Crippen LogP contribution in [0.5, 0.6) is 0 Å². The van der Waals surface area contributed by atoms with Crippen molar-refractivity contribution in [3.8, 4) is 0 Å². The molecular weight excluding hydrogens is 492 g/mol. The third-order valence-corrected chi connectivity index (χ3v) is 6.57. The van der Waals surface area contributed by atoms with Gasteiger partial charge in [0, 0.05) is 23.5 Å². The van der Waals surface area contributed by atoms with Gasteiger partial charge in [0.05, 0.1) is 12.5 Å². The first kappa shape index (κ1) is 30.3. The third-order valence-electron chi connectivity index (χ3n) is 6.57. The van der Waals surface area contributed by atoms with Gasteiger partial charge in [0.2, 0.25) is 23.6 Å². The Morgan fingerprint density at radius 2 is 1.58 bits per heavy atom. The highest BCUT2D eigenvalue weighted by Gasteiger charge is 2.33. The quantitative estimate of drug-likeness (QED) is 0.180. The first-order valence-corrected chi connectivity index (χ1v) is 12.6. The molecule has 1 aromatic carbocycles. The smallest absolute Gasteiger partial charge is 0.326 e. The van der Waals surface area contributed by atoms with E-state index in [1.165, 1.54) is 0 Å². The number of aliphatic carboxylic acids is 1. The number of carboxylic acids is 1. The molecule has 2 rings (SSSR count). The van der Waals surface area contributed by atoms with E-state index < -0.39 is 66.1 Å². The Balaban J connectivity index is 2.21. The van der Waals surface area contributed by atoms with E-state index in [9.17, 15) is 29.1 Å². The third kappa shape index (κ3) is 8.04. The molecule has 1 heterocycles. The fraction of sp³-hybridized carbons (Fsp3) is 0.500. The average Bonchev–Trinajstić information content (AvgIpc) is 3.27. The molecule has 0 aliphatic heterocycles. The number of rotatable bonds is 14. The van der Waals surface area contributed by atoms with Gasteiger partial charge in [-0.05, 0) is 23.5 Å². The van der Waals surface area contributed by atoms with Gasteiger partial charge in [0.1, 0.15) is 18.1 Å². The van der Waals surface area contributed by atoms with Gasteiger partial charge in [0.25, 0.3) is 0 Å². The summed E-state index contributed by atoms with van der Waals surface area (Å²) in [5, 5.41) is 18.2. The second-order valence-electron chi connectivity index (χ2n) is 9.84. The number of carbonyl (C=O) groups is 5. The molecule has 12 nitrogen and oxygen atoms in total. The molecular formula is C26H38N6O6. The van der Waals surface area contributed by atoms with Crippen LogP contribution < -0.4 is 27.4 Å². The second-order valence-corrected chi connectivity index (χ2v) is 9.84. The molecule has 208 valence electrons. The average molecular weight is 531 g/mol. The number of carbonyl (C=O) groups excluding carboxylic acids is 4. The summed E-state index contributed by atoms with van der Waals surface area (Å²) in [6, 6.07) is 2.71. The first-order valence-electron chi connectivity index (χ1n) is 12.6. The van der Waals surface area contributed by atoms with Crippen molar-refractivity contribution in [3.05, 3.63) is 36.0 Å². The molecule has 0 fully saturated rings. The summed E-state index contributed by atoms with van der Waals surface area (Å²) in [6.07, 6.45) is 1.68. The molecule has 0 spiro atoms. The number of benzene rings is 1. The Hall–Kier alpha value is -3.93. The number of aromatic nitrogens is 1. The van der Waals surface area contributed by atoms with E-state index in [4.69, 9.17) is 11.5 Å². The van der Waals surface area contributed by atoms with E-state index in [0.29, 0.717) is 12.0 Å². The lowest BCUT2D eigenvalue weighted by Gasteiger charge is -2.28. The van der Waals surface area contributed by atoms with Gasteiger partial charge in [0.15, 0.2) is 0 Å². The van der Waals surface area contributed by atoms with Crippen LogP contribution in [0.15, 0.2) is 30.5 Å². The summed E-state index contributed by atoms with van der Waals surface area (Å²) in [5.41, 5.74) is 12.7. The number of amides is 4. The largest absolute Gasteiger partial charge is 0.480 e. The van der Waals surface area contributed by atoms with Crippen molar-refractivity contribution < 1.29 is 29.1 Å². The second kappa shape index (κ2) is 13.6. The van der Waals surface area contributed by atoms with E-state index in [0.717, 1.165) is 10.9 Å². The number of carboxylic acid groups (broad SMARTS) is 1. The lowest BCUT2D eigenvalue weighted by Crippen LogP contribution is -2.59. The van der Waals surface area contributed by atoms with Gasteiger partial charge in [-0.3, -0.25) is 19.2 Å². The van der Waals surface area contributed by atoms with E-state index in [-0.39, 0.29) is 12.3 Å². The topological polar surface area (TPSA) is 209 Å². The minimum absolute atomic E-state index is 0.0136. The number of primary amides is 1. The van der Waals surface area contributed by atoms with Crippen LogP contribution >= 0.6 is 0 Å². The van der Waals surface area contributed by atoms with E-state index in [1.807, 2.05) is 31.2 Å². The van der Waals surface area contributed by atoms with Crippen LogP contribution in [0.2, 0.25) is 0 Å². The van der Waals surface area contributed by atoms with Gasteiger partial charge in [-0.25, -0.2) is 4.79 Å². The summed E-state index contributed by atoms with van der Waals surface area (Å²) < 4.78 is 0. The lowest BCUT2D eigenvalue weighted by atomic mass is 9.96. The minimum atomic E-state index is -1.36. The van der Waals surface area contributed by atoms with Crippen molar-refractivity contribution in [1.82, 2.24) is 20.9 Å². The fourth-order valence-corrected chi connectivity index (χ4v) is 3.92. The molecule has 0 aliphatic rings. The Kier molecular flexibility index (Phi) is 10.8. The van der Waals surface area contributed by atoms with Crippen LogP contribution in [0, 0.1) is 11.8 Å². The monoisotopic (exact) mass is 530 g/mol. The molecule has 38 heavy (non-hydrogen) atoms. The maximum Gasteiger partial charge on any atom is 0.326 e. The van der Waals surface area contributed by atoms with Gasteiger partial charge in [-0.2, -0.15) is 0 Å². The summed E-state index contributed by atoms with van der Waals surface area (Å²) in [7, 11) is 0. The van der Waals surface area contributed by atoms with Crippen molar-refractivity contribution >= 4 is 40.5 Å². The van der Waals surface area contributed by atoms with E-state index >= 15 is 0 Å². The zero-order valence-corrected chi connectivity index (χ0v) is 22.1. The Labute approximate surface area is 221 Å². The molecule has 1 aromatic heterocycles. The highest BCUT2D eigenvalue weighted by molar-refractivity contribution is 5.96. The zero-order chi connectivity index (χ0) is 28.6. The van der Waals surface area contributed by atoms with Crippen molar-refractivity contribution in [2.24, 2.45) is 23.3 Å². The van der Waals surface area contributed by atoms with Gasteiger partial charge < -0.3 is 37.5 Å². The number of H-pyrrole nitrogens is 1. The van der Waals surface area contributed by atoms with Gasteiger partial charge in [-0.15, -0.1) is 0 Å². The minimum Gasteiger partial charge on any atom is -0.480 e. The lowest BCUT2D eigenvalue weighted by molar-refractivity contribution is -0.142. The molecule has 9 N–H and O–H groups in total. The number of para-hydroxylation sites is 1. The van der Waals surface area contributed by atoms with Crippen LogP contribution in [0.3, 0.4) is 0 Å². The van der Waals surface area contributed by atoms with Crippen LogP contribution in [0.25, 0.3) is 10.9 Å². The molecule has 5 atom stereocenters. The Bertz CT molecular complexity index is 1160. The van der Waals surface area contributed by atoms with Crippen LogP contribution in [-0.2, 0) is 30.4 Å². The summed E-state index contributed by atoms with van der Waals surface area (Å²) in [5.74, 6) is -4.85. The maximum absolute atomic E-state index is 13.3. The van der Waals surface area contributed by atoms with E-state index in [2.05, 4.69) is 20.9 Å². The number of aromatic amines is 1. The van der Waals surface area contributed by atoms with Crippen LogP contribution in [0.4, 0.5) is 0 Å². The Morgan fingerprint density at radius 3 is 2.16 bits per heavy atom. The number of hydrogen-bond acceptors (Lipinski definition) is 6. The highest BCUT2D eigenvalue weighted by Crippen LogP contribution is 2.19. The Morgan fingerprint density at radius 1 is 0.947 bits per heavy atom. The summed E-state index contributed by atoms with van der Waals surface area (Å²) in [4.78, 5) is 65.5. The fourth-order valence-electron chi connectivity index (χ4n) is 3.92. The standard InChI is InChI=1S/C26H38N6O6/c1-5-14(4)22(32-23(34)18(11-20(27)33)30-24(35)21(28)13(2)3)25(36)31-19(26(37)38)10-15-12-29-17-9-7-6-8-16(15)17/h6-9,12-14,18-19,21-22,29H,5,10-11,28H2,1-4H3,(H2,27,33)(H,30,35)(H,31,36)(H,32,34)(H,37,38). The molecule has 12 heteroatoms. The summed E-state index contributed by atoms with van der Waals surface area (Å²) >= 11 is 0. The maximum atomic E-state index is 13.3. The zero-order valence-electron chi connectivity index (χ0n) is 22.1. The SMILES string of the molecule is CCC(C)C(NC(=O)C(CC(N)=O)NC(=O)C(N)C(C)C)C(=O)NC(Cc1c[nH]c2ccccc12)C(=O)O. The molecule has 0 radical (unpaired) electrons. The normalized spacial score (nSPS) is 15.2. The molecule has 4 amide bonds. The molecule has 0 saturated heterocycles. The van der Waals surface area contributed by atoms with E-state index in [1.54, 1.807) is 27.0 Å². The number of nitrogens with one attached hydrogen (secondary N) is 4. The predicted molar refractivity (Wildman–Crippen MR) is 142 cm³/mol. The van der Waals surface area contributed by atoms with Crippen molar-refractivity contribution in [1.29, 1.82) is 0 Å². The van der Waals surface area contributed by atoms with Crippen LogP contribution in [-0.4, -0.2) is 63.9 Å². The van der Waals surface area contributed by atoms with Crippen molar-refractivity contribution in [2.75, 3.05) is 0 Å². The van der Waals surface area contributed by atoms with Crippen molar-refractivity contribution in [3.63, 3.8) is 0 Å². The molecule has 0 bridgehead atoms. The van der Waals surface area contributed by atoms with Crippen molar-refractivity contribution in [2.45, 2.75) is 71.1 Å². The van der Waals surface area contributed by atoms with Gasteiger partial charge in [-0.1, -0.05) is 52.3 Å². The first-order chi connectivity index (χ1) is 17.8. The molecule has 2 aromatic rings. The highest BCUT2D eigenvalue weighted by atomic mass is 16.4. The van der Waals surface area contributed by atoms with Gasteiger partial charge >= 0.3 is 5.97 Å². The summed E-state index contributed by atoms with van der Waals surface area (Å²) in [6.45, 7) is 6.98. The number of fused-ring (bicyclic) bond motifs is 1. The number of hydrogen-bond donors (Lipinski definition) is 7. The molecule has 5 unspecified atom stereocenters.